The number of nitrogens with one attached hydrogen (secondary N) is 1. The molecule has 0 bridgehead atoms. The first-order valence-corrected chi connectivity index (χ1v) is 12.5. The lowest BCUT2D eigenvalue weighted by Crippen LogP contribution is -2.17. The maximum atomic E-state index is 11.4. The Bertz CT molecular complexity index is 797. The molecule has 2 fully saturated rings. The minimum atomic E-state index is -0.421. The van der Waals surface area contributed by atoms with Crippen molar-refractivity contribution in [1.29, 1.82) is 0 Å². The molecule has 0 aromatic carbocycles. The number of anilines is 1. The Kier molecular flexibility index (Phi) is 11.8. The average molecular weight is 489 g/mol. The van der Waals surface area contributed by atoms with Crippen LogP contribution in [-0.4, -0.2) is 61.3 Å². The molecule has 0 spiro atoms. The van der Waals surface area contributed by atoms with E-state index in [2.05, 4.69) is 24.9 Å². The second-order valence-corrected chi connectivity index (χ2v) is 8.87. The highest BCUT2D eigenvalue weighted by atomic mass is 35.5. The van der Waals surface area contributed by atoms with Crippen molar-refractivity contribution in [1.82, 2.24) is 15.3 Å². The molecule has 0 atom stereocenters. The van der Waals surface area contributed by atoms with Crippen molar-refractivity contribution in [3.05, 3.63) is 26.6 Å². The van der Waals surface area contributed by atoms with E-state index in [-0.39, 0.29) is 11.7 Å². The van der Waals surface area contributed by atoms with Crippen LogP contribution in [0.25, 0.3) is 0 Å². The Balaban J connectivity index is 0.000000186. The van der Waals surface area contributed by atoms with Gasteiger partial charge in [-0.25, -0.2) is 19.6 Å². The van der Waals surface area contributed by atoms with Crippen LogP contribution in [-0.2, 0) is 9.47 Å². The molecule has 2 aliphatic rings. The predicted octanol–water partition coefficient (Wildman–Crippen LogP) is 4.26. The van der Waals surface area contributed by atoms with Gasteiger partial charge in [-0.05, 0) is 52.6 Å². The average Bonchev–Trinajstić information content (AvgIpc) is 3.57. The summed E-state index contributed by atoms with van der Waals surface area (Å²) in [5.41, 5.74) is 0.714. The Labute approximate surface area is 195 Å². The zero-order chi connectivity index (χ0) is 22.5. The van der Waals surface area contributed by atoms with E-state index in [0.717, 1.165) is 18.2 Å². The fourth-order valence-corrected chi connectivity index (χ4v) is 4.37. The minimum absolute atomic E-state index is 0.279. The second kappa shape index (κ2) is 14.3. The molecular formula is C20H29ClN4O4S2. The van der Waals surface area contributed by atoms with E-state index in [1.807, 2.05) is 0 Å². The zero-order valence-corrected chi connectivity index (χ0v) is 20.3. The third-order valence-electron chi connectivity index (χ3n) is 4.27. The van der Waals surface area contributed by atoms with Gasteiger partial charge in [-0.2, -0.15) is 0 Å². The molecule has 11 heteroatoms. The van der Waals surface area contributed by atoms with E-state index in [9.17, 15) is 9.59 Å². The Morgan fingerprint density at radius 1 is 0.968 bits per heavy atom. The summed E-state index contributed by atoms with van der Waals surface area (Å²) in [4.78, 5) is 32.5. The van der Waals surface area contributed by atoms with Crippen LogP contribution >= 0.6 is 34.3 Å². The molecule has 2 aromatic rings. The lowest BCUT2D eigenvalue weighted by molar-refractivity contribution is 0.0511. The number of thiazole rings is 2. The standard InChI is InChI=1S/C10H14N2O2S.C6H6ClNO2S.C4H9N/c1-2-14-9(13)8-7-15-10(11-8)12-5-3-4-6-12;1-2-10-5(9)4-3-11-6(7)8-4;1-2-4-5-3-1/h7H,2-6H2,1H3;3H,2H2,1H3;5H,1-4H2. The highest BCUT2D eigenvalue weighted by Gasteiger charge is 2.18. The molecule has 172 valence electrons. The number of esters is 2. The number of nitrogens with zero attached hydrogens (tertiary/aromatic N) is 3. The monoisotopic (exact) mass is 488 g/mol. The van der Waals surface area contributed by atoms with Gasteiger partial charge >= 0.3 is 11.9 Å². The summed E-state index contributed by atoms with van der Waals surface area (Å²) in [6.45, 7) is 8.90. The summed E-state index contributed by atoms with van der Waals surface area (Å²) in [6.07, 6.45) is 5.21. The minimum Gasteiger partial charge on any atom is -0.461 e. The number of hydrogen-bond acceptors (Lipinski definition) is 10. The largest absolute Gasteiger partial charge is 0.461 e. The van der Waals surface area contributed by atoms with Gasteiger partial charge in [0.1, 0.15) is 0 Å². The van der Waals surface area contributed by atoms with Crippen molar-refractivity contribution in [2.24, 2.45) is 0 Å². The van der Waals surface area contributed by atoms with Gasteiger partial charge in [0.25, 0.3) is 0 Å². The van der Waals surface area contributed by atoms with Crippen LogP contribution in [0.4, 0.5) is 5.13 Å². The van der Waals surface area contributed by atoms with Gasteiger partial charge in [0.15, 0.2) is 21.0 Å². The number of aromatic nitrogens is 2. The van der Waals surface area contributed by atoms with Crippen LogP contribution in [0, 0.1) is 0 Å². The van der Waals surface area contributed by atoms with Crippen molar-refractivity contribution in [2.45, 2.75) is 39.5 Å². The van der Waals surface area contributed by atoms with E-state index in [1.165, 1.54) is 61.4 Å². The molecule has 2 saturated heterocycles. The molecule has 2 aliphatic heterocycles. The van der Waals surface area contributed by atoms with Gasteiger partial charge in [-0.1, -0.05) is 11.6 Å². The van der Waals surface area contributed by atoms with Crippen molar-refractivity contribution >= 4 is 51.3 Å². The maximum absolute atomic E-state index is 11.4. The van der Waals surface area contributed by atoms with Gasteiger partial charge in [0, 0.05) is 23.8 Å². The smallest absolute Gasteiger partial charge is 0.357 e. The molecule has 8 nitrogen and oxygen atoms in total. The molecule has 0 aliphatic carbocycles. The van der Waals surface area contributed by atoms with Crippen LogP contribution in [0.15, 0.2) is 10.8 Å². The third-order valence-corrected chi connectivity index (χ3v) is 6.15. The third kappa shape index (κ3) is 9.10. The first-order chi connectivity index (χ1) is 15.0. The molecule has 1 N–H and O–H groups in total. The van der Waals surface area contributed by atoms with Crippen molar-refractivity contribution in [2.75, 3.05) is 44.3 Å². The molecule has 0 amide bonds. The van der Waals surface area contributed by atoms with Gasteiger partial charge in [-0.3, -0.25) is 0 Å². The number of carbonyl (C=O) groups is 2. The Hall–Kier alpha value is -1.75. The summed E-state index contributed by atoms with van der Waals surface area (Å²) in [5, 5.41) is 7.50. The number of hydrogen-bond donors (Lipinski definition) is 1. The van der Waals surface area contributed by atoms with E-state index < -0.39 is 5.97 Å². The highest BCUT2D eigenvalue weighted by Crippen LogP contribution is 2.24. The van der Waals surface area contributed by atoms with E-state index in [1.54, 1.807) is 24.6 Å². The fourth-order valence-electron chi connectivity index (χ4n) is 2.79. The summed E-state index contributed by atoms with van der Waals surface area (Å²) < 4.78 is 9.93. The van der Waals surface area contributed by atoms with Crippen LogP contribution in [0.1, 0.15) is 60.5 Å². The summed E-state index contributed by atoms with van der Waals surface area (Å²) in [6, 6.07) is 0. The van der Waals surface area contributed by atoms with Crippen LogP contribution < -0.4 is 10.2 Å². The molecule has 4 rings (SSSR count). The molecule has 0 radical (unpaired) electrons. The maximum Gasteiger partial charge on any atom is 0.357 e. The van der Waals surface area contributed by atoms with Crippen LogP contribution in [0.2, 0.25) is 4.47 Å². The SMILES string of the molecule is C1CCNC1.CCOC(=O)c1csc(Cl)n1.CCOC(=O)c1csc(N2CCCC2)n1. The molecule has 31 heavy (non-hydrogen) atoms. The first-order valence-electron chi connectivity index (χ1n) is 10.4. The van der Waals surface area contributed by atoms with Gasteiger partial charge in [-0.15, -0.1) is 22.7 Å². The van der Waals surface area contributed by atoms with Crippen molar-refractivity contribution < 1.29 is 19.1 Å². The zero-order valence-electron chi connectivity index (χ0n) is 17.9. The molecule has 0 unspecified atom stereocenters. The molecule has 4 heterocycles. The number of carbonyl (C=O) groups excluding carboxylic acids is 2. The topological polar surface area (TPSA) is 93.7 Å². The van der Waals surface area contributed by atoms with Crippen LogP contribution in [0.5, 0.6) is 0 Å². The van der Waals surface area contributed by atoms with Crippen LogP contribution in [0.3, 0.4) is 0 Å². The lowest BCUT2D eigenvalue weighted by Gasteiger charge is -2.11. The lowest BCUT2D eigenvalue weighted by atomic mass is 10.4. The number of halogens is 1. The quantitative estimate of drug-likeness (QED) is 0.624. The number of ether oxygens (including phenoxy) is 2. The molecule has 0 saturated carbocycles. The van der Waals surface area contributed by atoms with E-state index >= 15 is 0 Å². The van der Waals surface area contributed by atoms with Crippen molar-refractivity contribution in [3.63, 3.8) is 0 Å². The Morgan fingerprint density at radius 3 is 1.97 bits per heavy atom. The second-order valence-electron chi connectivity index (χ2n) is 6.59. The van der Waals surface area contributed by atoms with E-state index in [4.69, 9.17) is 16.3 Å². The van der Waals surface area contributed by atoms with E-state index in [0.29, 0.717) is 23.4 Å². The van der Waals surface area contributed by atoms with Gasteiger partial charge < -0.3 is 19.7 Å². The molecule has 2 aromatic heterocycles. The fraction of sp³-hybridized carbons (Fsp3) is 0.600. The summed E-state index contributed by atoms with van der Waals surface area (Å²) >= 11 is 8.23. The number of rotatable bonds is 5. The first kappa shape index (κ1) is 25.5. The summed E-state index contributed by atoms with van der Waals surface area (Å²) in [7, 11) is 0. The predicted molar refractivity (Wildman–Crippen MR) is 125 cm³/mol. The molecular weight excluding hydrogens is 460 g/mol. The van der Waals surface area contributed by atoms with Crippen molar-refractivity contribution in [3.8, 4) is 0 Å². The van der Waals surface area contributed by atoms with Gasteiger partial charge in [0.05, 0.1) is 13.2 Å². The summed E-state index contributed by atoms with van der Waals surface area (Å²) in [5.74, 6) is -0.741. The normalized spacial score (nSPS) is 14.9. The van der Waals surface area contributed by atoms with Gasteiger partial charge in [0.2, 0.25) is 0 Å². The highest BCUT2D eigenvalue weighted by molar-refractivity contribution is 7.14. The Morgan fingerprint density at radius 2 is 1.52 bits per heavy atom.